The first kappa shape index (κ1) is 50.4. The molecule has 0 heterocycles. The minimum absolute atomic E-state index is 0.00646. The van der Waals surface area contributed by atoms with Gasteiger partial charge in [-0.15, -0.1) is 0 Å². The lowest BCUT2D eigenvalue weighted by Gasteiger charge is -2.38. The van der Waals surface area contributed by atoms with Gasteiger partial charge in [0.2, 0.25) is 0 Å². The van der Waals surface area contributed by atoms with Crippen molar-refractivity contribution in [2.75, 3.05) is 26.3 Å². The number of hydrogen-bond donors (Lipinski definition) is 1. The summed E-state index contributed by atoms with van der Waals surface area (Å²) >= 11 is 0. The molecule has 53 heavy (non-hydrogen) atoms. The van der Waals surface area contributed by atoms with E-state index in [1.807, 2.05) is 0 Å². The number of nitrogens with zero attached hydrogens (tertiary/aromatic N) is 1. The Balaban J connectivity index is 2.19. The number of esters is 1. The van der Waals surface area contributed by atoms with Crippen LogP contribution in [0.1, 0.15) is 258 Å². The van der Waals surface area contributed by atoms with Gasteiger partial charge < -0.3 is 14.6 Å². The molecule has 0 aromatic carbocycles. The number of rotatable bonds is 41. The highest BCUT2D eigenvalue weighted by Crippen LogP contribution is 2.25. The van der Waals surface area contributed by atoms with Crippen LogP contribution >= 0.6 is 0 Å². The second-order valence-electron chi connectivity index (χ2n) is 17.0. The van der Waals surface area contributed by atoms with E-state index in [4.69, 9.17) is 9.47 Å². The highest BCUT2D eigenvalue weighted by Gasteiger charge is 2.28. The smallest absolute Gasteiger partial charge is 0.305 e. The molecule has 5 heteroatoms. The second kappa shape index (κ2) is 39.6. The highest BCUT2D eigenvalue weighted by atomic mass is 16.5. The summed E-state index contributed by atoms with van der Waals surface area (Å²) in [5, 5.41) is 10.8. The summed E-state index contributed by atoms with van der Waals surface area (Å²) in [5.41, 5.74) is 0. The lowest BCUT2D eigenvalue weighted by molar-refractivity contribution is -0.143. The normalized spacial score (nSPS) is 16.3. The molecule has 1 fully saturated rings. The molecule has 0 amide bonds. The minimum atomic E-state index is -0.151. The van der Waals surface area contributed by atoms with Crippen LogP contribution in [0.2, 0.25) is 0 Å². The zero-order valence-electron chi connectivity index (χ0n) is 36.3. The average molecular weight is 750 g/mol. The summed E-state index contributed by atoms with van der Waals surface area (Å²) in [4.78, 5) is 14.8. The summed E-state index contributed by atoms with van der Waals surface area (Å²) in [6.45, 7) is 10.6. The number of aliphatic hydroxyl groups is 1. The van der Waals surface area contributed by atoms with Gasteiger partial charge in [0.25, 0.3) is 0 Å². The number of aliphatic hydroxyl groups excluding tert-OH is 1. The molecule has 0 aliphatic heterocycles. The molecule has 0 radical (unpaired) electrons. The summed E-state index contributed by atoms with van der Waals surface area (Å²) in [7, 11) is 0. The van der Waals surface area contributed by atoms with Crippen molar-refractivity contribution < 1.29 is 19.4 Å². The Morgan fingerprint density at radius 2 is 0.943 bits per heavy atom. The molecule has 1 saturated carbocycles. The van der Waals surface area contributed by atoms with Crippen molar-refractivity contribution in [3.8, 4) is 0 Å². The predicted octanol–water partition coefficient (Wildman–Crippen LogP) is 14.5. The molecule has 5 nitrogen and oxygen atoms in total. The SMILES string of the molecule is CCCCCCCCCOC(=O)CCCCCCCN(CCCCCCCCOC(CCCCCCCC)CCCCCCCC)C1CCCCC1O. The molecule has 0 aromatic rings. The molecule has 2 unspecified atom stereocenters. The van der Waals surface area contributed by atoms with E-state index in [0.29, 0.717) is 25.2 Å². The Hall–Kier alpha value is -0.650. The van der Waals surface area contributed by atoms with Gasteiger partial charge in [0.1, 0.15) is 0 Å². The standard InChI is InChI=1S/C48H95NO4/c1-4-7-10-13-17-26-35-44-53-48(51)40-29-22-19-24-33-42-49(46-38-30-31-39-47(46)50)41-32-23-16-18-25-34-43-52-45(36-27-20-14-11-8-5-2)37-28-21-15-12-9-6-3/h45-47,50H,4-44H2,1-3H3. The van der Waals surface area contributed by atoms with Crippen molar-refractivity contribution in [3.63, 3.8) is 0 Å². The van der Waals surface area contributed by atoms with Gasteiger partial charge in [-0.25, -0.2) is 0 Å². The highest BCUT2D eigenvalue weighted by molar-refractivity contribution is 5.69. The van der Waals surface area contributed by atoms with Crippen LogP contribution in [0.4, 0.5) is 0 Å². The maximum absolute atomic E-state index is 12.1. The maximum atomic E-state index is 12.1. The van der Waals surface area contributed by atoms with Crippen LogP contribution in [0.15, 0.2) is 0 Å². The summed E-state index contributed by atoms with van der Waals surface area (Å²) < 4.78 is 12.0. The van der Waals surface area contributed by atoms with Gasteiger partial charge in [0.05, 0.1) is 18.8 Å². The fourth-order valence-corrected chi connectivity index (χ4v) is 8.38. The van der Waals surface area contributed by atoms with Crippen LogP contribution in [0.3, 0.4) is 0 Å². The topological polar surface area (TPSA) is 59.0 Å². The van der Waals surface area contributed by atoms with Crippen molar-refractivity contribution in [1.82, 2.24) is 4.90 Å². The summed E-state index contributed by atoms with van der Waals surface area (Å²) in [6, 6.07) is 0.354. The van der Waals surface area contributed by atoms with Crippen LogP contribution < -0.4 is 0 Å². The number of ether oxygens (including phenoxy) is 2. The van der Waals surface area contributed by atoms with E-state index >= 15 is 0 Å². The number of carbonyl (C=O) groups excluding carboxylic acids is 1. The van der Waals surface area contributed by atoms with Gasteiger partial charge in [-0.3, -0.25) is 9.69 Å². The summed E-state index contributed by atoms with van der Waals surface area (Å²) in [6.07, 6.45) is 46.6. The van der Waals surface area contributed by atoms with Gasteiger partial charge >= 0.3 is 5.97 Å². The molecule has 0 aromatic heterocycles. The zero-order valence-corrected chi connectivity index (χ0v) is 36.3. The van der Waals surface area contributed by atoms with Gasteiger partial charge in [-0.1, -0.05) is 194 Å². The molecule has 316 valence electrons. The van der Waals surface area contributed by atoms with Gasteiger partial charge in [0, 0.05) is 19.1 Å². The average Bonchev–Trinajstić information content (AvgIpc) is 3.16. The molecule has 0 bridgehead atoms. The monoisotopic (exact) mass is 750 g/mol. The van der Waals surface area contributed by atoms with Crippen molar-refractivity contribution >= 4 is 5.97 Å². The van der Waals surface area contributed by atoms with E-state index in [-0.39, 0.29) is 12.1 Å². The molecule has 0 spiro atoms. The Bertz CT molecular complexity index is 731. The first-order valence-electron chi connectivity index (χ1n) is 24.3. The molecular weight excluding hydrogens is 655 g/mol. The fourth-order valence-electron chi connectivity index (χ4n) is 8.38. The molecule has 1 aliphatic rings. The molecule has 2 atom stereocenters. The largest absolute Gasteiger partial charge is 0.466 e. The van der Waals surface area contributed by atoms with E-state index in [2.05, 4.69) is 25.7 Å². The minimum Gasteiger partial charge on any atom is -0.466 e. The van der Waals surface area contributed by atoms with Crippen molar-refractivity contribution in [2.45, 2.75) is 277 Å². The van der Waals surface area contributed by atoms with Gasteiger partial charge in [-0.05, 0) is 70.9 Å². The molecule has 1 N–H and O–H groups in total. The van der Waals surface area contributed by atoms with Gasteiger partial charge in [0.15, 0.2) is 0 Å². The summed E-state index contributed by atoms with van der Waals surface area (Å²) in [5.74, 6) is -0.00646. The van der Waals surface area contributed by atoms with Crippen LogP contribution in [-0.2, 0) is 14.3 Å². The third-order valence-electron chi connectivity index (χ3n) is 12.0. The Morgan fingerprint density at radius 3 is 1.45 bits per heavy atom. The molecule has 1 aliphatic carbocycles. The van der Waals surface area contributed by atoms with Crippen LogP contribution in [0.5, 0.6) is 0 Å². The first-order chi connectivity index (χ1) is 26.1. The number of carbonyl (C=O) groups is 1. The maximum Gasteiger partial charge on any atom is 0.305 e. The predicted molar refractivity (Wildman–Crippen MR) is 230 cm³/mol. The first-order valence-corrected chi connectivity index (χ1v) is 24.3. The van der Waals surface area contributed by atoms with E-state index in [1.54, 1.807) is 0 Å². The van der Waals surface area contributed by atoms with Crippen molar-refractivity contribution in [3.05, 3.63) is 0 Å². The van der Waals surface area contributed by atoms with Gasteiger partial charge in [-0.2, -0.15) is 0 Å². The number of unbranched alkanes of at least 4 members (excludes halogenated alkanes) is 25. The van der Waals surface area contributed by atoms with Crippen molar-refractivity contribution in [2.24, 2.45) is 0 Å². The van der Waals surface area contributed by atoms with E-state index < -0.39 is 0 Å². The molecule has 0 saturated heterocycles. The third kappa shape index (κ3) is 32.2. The Labute approximate surface area is 332 Å². The zero-order chi connectivity index (χ0) is 38.3. The van der Waals surface area contributed by atoms with Crippen LogP contribution in [0.25, 0.3) is 0 Å². The van der Waals surface area contributed by atoms with Crippen LogP contribution in [0, 0.1) is 0 Å². The molecule has 1 rings (SSSR count). The number of hydrogen-bond acceptors (Lipinski definition) is 5. The van der Waals surface area contributed by atoms with E-state index in [9.17, 15) is 9.90 Å². The van der Waals surface area contributed by atoms with Crippen molar-refractivity contribution in [1.29, 1.82) is 0 Å². The van der Waals surface area contributed by atoms with E-state index in [0.717, 1.165) is 51.8 Å². The molecular formula is C48H95NO4. The second-order valence-corrected chi connectivity index (χ2v) is 17.0. The Morgan fingerprint density at radius 1 is 0.528 bits per heavy atom. The lowest BCUT2D eigenvalue weighted by Crippen LogP contribution is -2.46. The van der Waals surface area contributed by atoms with E-state index in [1.165, 1.54) is 199 Å². The van der Waals surface area contributed by atoms with Crippen LogP contribution in [-0.4, -0.2) is 60.5 Å². The lowest BCUT2D eigenvalue weighted by atomic mass is 9.91. The third-order valence-corrected chi connectivity index (χ3v) is 12.0. The quantitative estimate of drug-likeness (QED) is 0.0498. The Kier molecular flexibility index (Phi) is 37.6. The fraction of sp³-hybridized carbons (Fsp3) is 0.979.